The predicted octanol–water partition coefficient (Wildman–Crippen LogP) is 3.96. The van der Waals surface area contributed by atoms with Crippen LogP contribution >= 0.6 is 0 Å². The average molecular weight is 324 g/mol. The van der Waals surface area contributed by atoms with E-state index in [2.05, 4.69) is 24.9 Å². The van der Waals surface area contributed by atoms with Crippen LogP contribution in [-0.2, 0) is 12.1 Å². The van der Waals surface area contributed by atoms with E-state index in [1.165, 1.54) is 11.1 Å². The Balaban J connectivity index is 1.84. The number of aliphatic hydroxyl groups is 1. The molecular weight excluding hydrogens is 300 g/mol. The molecule has 0 aliphatic carbocycles. The molecule has 0 bridgehead atoms. The van der Waals surface area contributed by atoms with E-state index in [1.807, 2.05) is 41.0 Å². The molecule has 0 amide bonds. The zero-order valence-corrected chi connectivity index (χ0v) is 14.7. The summed E-state index contributed by atoms with van der Waals surface area (Å²) in [6.45, 7) is 8.80. The average Bonchev–Trinajstić information content (AvgIpc) is 2.85. The van der Waals surface area contributed by atoms with Gasteiger partial charge in [0.1, 0.15) is 23.8 Å². The van der Waals surface area contributed by atoms with Crippen molar-refractivity contribution in [2.45, 2.75) is 39.8 Å². The van der Waals surface area contributed by atoms with Crippen LogP contribution in [0.4, 0.5) is 0 Å². The number of aromatic nitrogens is 2. The summed E-state index contributed by atoms with van der Waals surface area (Å²) in [7, 11) is 0. The topological polar surface area (TPSA) is 47.3 Å². The van der Waals surface area contributed by atoms with Gasteiger partial charge in [-0.05, 0) is 63.1 Å². The van der Waals surface area contributed by atoms with Crippen LogP contribution in [0.25, 0.3) is 11.0 Å². The molecule has 2 aromatic carbocycles. The van der Waals surface area contributed by atoms with Crippen molar-refractivity contribution in [2.24, 2.45) is 0 Å². The molecule has 24 heavy (non-hydrogen) atoms. The zero-order valence-electron chi connectivity index (χ0n) is 14.7. The maximum Gasteiger partial charge on any atom is 0.141 e. The van der Waals surface area contributed by atoms with E-state index in [1.54, 1.807) is 13.8 Å². The quantitative estimate of drug-likeness (QED) is 0.773. The standard InChI is InChI=1S/C20H24N2O2/c1-14-11-15(2)13-16(12-14)24-10-9-22-18-8-6-5-7-17(18)21-19(22)20(3,4)23/h5-8,11-13,23H,9-10H2,1-4H3. The van der Waals surface area contributed by atoms with Crippen LogP contribution in [0, 0.1) is 13.8 Å². The lowest BCUT2D eigenvalue weighted by Gasteiger charge is -2.19. The zero-order chi connectivity index (χ0) is 17.3. The second-order valence-electron chi connectivity index (χ2n) is 6.81. The third-order valence-corrected chi connectivity index (χ3v) is 3.98. The van der Waals surface area contributed by atoms with Crippen LogP contribution in [0.3, 0.4) is 0 Å². The number of nitrogens with zero attached hydrogens (tertiary/aromatic N) is 2. The summed E-state index contributed by atoms with van der Waals surface area (Å²) in [6.07, 6.45) is 0. The second-order valence-corrected chi connectivity index (χ2v) is 6.81. The van der Waals surface area contributed by atoms with E-state index in [9.17, 15) is 5.11 Å². The fraction of sp³-hybridized carbons (Fsp3) is 0.350. The molecule has 0 fully saturated rings. The minimum absolute atomic E-state index is 0.520. The van der Waals surface area contributed by atoms with Gasteiger partial charge in [0.05, 0.1) is 17.6 Å². The molecule has 126 valence electrons. The first-order valence-corrected chi connectivity index (χ1v) is 8.24. The molecule has 1 aromatic heterocycles. The van der Waals surface area contributed by atoms with Gasteiger partial charge in [-0.3, -0.25) is 0 Å². The van der Waals surface area contributed by atoms with E-state index >= 15 is 0 Å². The summed E-state index contributed by atoms with van der Waals surface area (Å²) in [5.41, 5.74) is 3.28. The fourth-order valence-electron chi connectivity index (χ4n) is 3.04. The van der Waals surface area contributed by atoms with Gasteiger partial charge in [-0.25, -0.2) is 4.98 Å². The number of fused-ring (bicyclic) bond motifs is 1. The van der Waals surface area contributed by atoms with Crippen molar-refractivity contribution in [2.75, 3.05) is 6.61 Å². The van der Waals surface area contributed by atoms with Crippen LogP contribution in [0.15, 0.2) is 42.5 Å². The van der Waals surface area contributed by atoms with Crippen molar-refractivity contribution < 1.29 is 9.84 Å². The van der Waals surface area contributed by atoms with Crippen molar-refractivity contribution in [1.82, 2.24) is 9.55 Å². The predicted molar refractivity (Wildman–Crippen MR) is 96.4 cm³/mol. The number of para-hydroxylation sites is 2. The molecule has 1 N–H and O–H groups in total. The van der Waals surface area contributed by atoms with Crippen molar-refractivity contribution in [1.29, 1.82) is 0 Å². The van der Waals surface area contributed by atoms with Crippen molar-refractivity contribution in [3.63, 3.8) is 0 Å². The summed E-state index contributed by atoms with van der Waals surface area (Å²) in [6, 6.07) is 14.1. The van der Waals surface area contributed by atoms with Gasteiger partial charge in [0.25, 0.3) is 0 Å². The first kappa shape index (κ1) is 16.5. The summed E-state index contributed by atoms with van der Waals surface area (Å²) in [5.74, 6) is 1.54. The maximum absolute atomic E-state index is 10.4. The molecule has 0 atom stereocenters. The van der Waals surface area contributed by atoms with E-state index in [4.69, 9.17) is 4.74 Å². The van der Waals surface area contributed by atoms with Crippen molar-refractivity contribution in [3.8, 4) is 5.75 Å². The molecular formula is C20H24N2O2. The van der Waals surface area contributed by atoms with Crippen molar-refractivity contribution in [3.05, 3.63) is 59.4 Å². The van der Waals surface area contributed by atoms with Crippen LogP contribution in [0.2, 0.25) is 0 Å². The largest absolute Gasteiger partial charge is 0.492 e. The number of hydrogen-bond donors (Lipinski definition) is 1. The first-order valence-electron chi connectivity index (χ1n) is 8.24. The Hall–Kier alpha value is -2.33. The highest BCUT2D eigenvalue weighted by Gasteiger charge is 2.24. The minimum Gasteiger partial charge on any atom is -0.492 e. The molecule has 0 spiro atoms. The Morgan fingerprint density at radius 2 is 1.75 bits per heavy atom. The summed E-state index contributed by atoms with van der Waals surface area (Å²) in [4.78, 5) is 4.60. The monoisotopic (exact) mass is 324 g/mol. The van der Waals surface area contributed by atoms with E-state index in [0.29, 0.717) is 19.0 Å². The summed E-state index contributed by atoms with van der Waals surface area (Å²) < 4.78 is 7.97. The van der Waals surface area contributed by atoms with Gasteiger partial charge in [0, 0.05) is 0 Å². The minimum atomic E-state index is -1.00. The van der Waals surface area contributed by atoms with Gasteiger partial charge in [-0.15, -0.1) is 0 Å². The molecule has 4 nitrogen and oxygen atoms in total. The van der Waals surface area contributed by atoms with Crippen LogP contribution in [0.1, 0.15) is 30.8 Å². The van der Waals surface area contributed by atoms with Crippen LogP contribution < -0.4 is 4.74 Å². The molecule has 0 unspecified atom stereocenters. The van der Waals surface area contributed by atoms with Gasteiger partial charge in [-0.2, -0.15) is 0 Å². The number of ether oxygens (including phenoxy) is 1. The Morgan fingerprint density at radius 1 is 1.08 bits per heavy atom. The summed E-state index contributed by atoms with van der Waals surface area (Å²) in [5, 5.41) is 10.4. The number of rotatable bonds is 5. The molecule has 0 radical (unpaired) electrons. The molecule has 1 heterocycles. The molecule has 0 aliphatic heterocycles. The molecule has 0 saturated heterocycles. The van der Waals surface area contributed by atoms with E-state index in [-0.39, 0.29) is 0 Å². The third-order valence-electron chi connectivity index (χ3n) is 3.98. The Bertz CT molecular complexity index is 839. The second kappa shape index (κ2) is 6.29. The third kappa shape index (κ3) is 3.44. The van der Waals surface area contributed by atoms with Gasteiger partial charge in [0.2, 0.25) is 0 Å². The number of imidazole rings is 1. The Morgan fingerprint density at radius 3 is 2.42 bits per heavy atom. The number of aryl methyl sites for hydroxylation is 2. The highest BCUT2D eigenvalue weighted by molar-refractivity contribution is 5.76. The molecule has 4 heteroatoms. The highest BCUT2D eigenvalue weighted by Crippen LogP contribution is 2.25. The van der Waals surface area contributed by atoms with E-state index in [0.717, 1.165) is 16.8 Å². The lowest BCUT2D eigenvalue weighted by molar-refractivity contribution is 0.0644. The lowest BCUT2D eigenvalue weighted by atomic mass is 10.1. The maximum atomic E-state index is 10.4. The summed E-state index contributed by atoms with van der Waals surface area (Å²) >= 11 is 0. The normalized spacial score (nSPS) is 11.9. The highest BCUT2D eigenvalue weighted by atomic mass is 16.5. The molecule has 0 aliphatic rings. The van der Waals surface area contributed by atoms with Gasteiger partial charge in [-0.1, -0.05) is 18.2 Å². The van der Waals surface area contributed by atoms with Gasteiger partial charge in [0.15, 0.2) is 0 Å². The Labute approximate surface area is 142 Å². The number of hydrogen-bond acceptors (Lipinski definition) is 3. The SMILES string of the molecule is Cc1cc(C)cc(OCCn2c(C(C)(C)O)nc3ccccc32)c1. The molecule has 3 aromatic rings. The van der Waals surface area contributed by atoms with Gasteiger partial charge >= 0.3 is 0 Å². The Kier molecular flexibility index (Phi) is 4.33. The van der Waals surface area contributed by atoms with Crippen molar-refractivity contribution >= 4 is 11.0 Å². The van der Waals surface area contributed by atoms with Crippen LogP contribution in [0.5, 0.6) is 5.75 Å². The van der Waals surface area contributed by atoms with Crippen LogP contribution in [-0.4, -0.2) is 21.3 Å². The lowest BCUT2D eigenvalue weighted by Crippen LogP contribution is -2.23. The molecule has 0 saturated carbocycles. The fourth-order valence-corrected chi connectivity index (χ4v) is 3.04. The molecule has 3 rings (SSSR count). The smallest absolute Gasteiger partial charge is 0.141 e. The first-order chi connectivity index (χ1) is 11.3. The van der Waals surface area contributed by atoms with Gasteiger partial charge < -0.3 is 14.4 Å². The van der Waals surface area contributed by atoms with E-state index < -0.39 is 5.60 Å². The number of benzene rings is 2.